The van der Waals surface area contributed by atoms with Crippen LogP contribution in [-0.4, -0.2) is 48.5 Å². The van der Waals surface area contributed by atoms with Crippen LogP contribution in [0.2, 0.25) is 0 Å². The summed E-state index contributed by atoms with van der Waals surface area (Å²) in [6.07, 6.45) is 2.94. The molecule has 0 aliphatic carbocycles. The third-order valence-electron chi connectivity index (χ3n) is 1.85. The van der Waals surface area contributed by atoms with Crippen molar-refractivity contribution in [1.82, 2.24) is 19.9 Å². The minimum absolute atomic E-state index is 0. The molecule has 0 unspecified atom stereocenters. The summed E-state index contributed by atoms with van der Waals surface area (Å²) in [6, 6.07) is 0. The molecule has 0 fully saturated rings. The molecular weight excluding hydrogens is 230 g/mol. The van der Waals surface area contributed by atoms with Crippen LogP contribution in [0.3, 0.4) is 0 Å². The molecule has 0 aliphatic heterocycles. The average molecular weight is 243 g/mol. The molecule has 0 radical (unpaired) electrons. The molecular formula is C8H13N5O4. The summed E-state index contributed by atoms with van der Waals surface area (Å²) in [7, 11) is 0. The van der Waals surface area contributed by atoms with Gasteiger partial charge in [0, 0.05) is 6.54 Å². The number of rotatable bonds is 4. The fourth-order valence-corrected chi connectivity index (χ4v) is 1.19. The Bertz CT molecular complexity index is 485. The molecule has 0 spiro atoms. The number of imidazole rings is 1. The first kappa shape index (κ1) is 14.7. The molecule has 0 atom stereocenters. The molecule has 0 saturated carbocycles. The van der Waals surface area contributed by atoms with Crippen LogP contribution in [0.4, 0.5) is 5.82 Å². The van der Waals surface area contributed by atoms with Crippen LogP contribution < -0.4 is 5.32 Å². The molecule has 2 heterocycles. The number of carboxylic acid groups (broad SMARTS) is 1. The first-order valence-electron chi connectivity index (χ1n) is 4.37. The zero-order valence-electron chi connectivity index (χ0n) is 8.77. The minimum Gasteiger partial charge on any atom is -0.481 e. The van der Waals surface area contributed by atoms with Gasteiger partial charge in [0.05, 0.1) is 12.7 Å². The lowest BCUT2D eigenvalue weighted by atomic mass is 10.4. The molecule has 7 N–H and O–H groups in total. The first-order valence-corrected chi connectivity index (χ1v) is 4.37. The van der Waals surface area contributed by atoms with Crippen molar-refractivity contribution in [1.29, 1.82) is 0 Å². The summed E-state index contributed by atoms with van der Waals surface area (Å²) < 4.78 is 0. The van der Waals surface area contributed by atoms with E-state index in [1.165, 1.54) is 12.7 Å². The van der Waals surface area contributed by atoms with Gasteiger partial charge in [-0.2, -0.15) is 0 Å². The van der Waals surface area contributed by atoms with Crippen molar-refractivity contribution in [3.8, 4) is 0 Å². The van der Waals surface area contributed by atoms with Crippen molar-refractivity contribution < 1.29 is 20.9 Å². The van der Waals surface area contributed by atoms with E-state index in [2.05, 4.69) is 25.3 Å². The van der Waals surface area contributed by atoms with Gasteiger partial charge in [0.1, 0.15) is 11.8 Å². The number of aliphatic carboxylic acids is 1. The number of carbonyl (C=O) groups is 1. The van der Waals surface area contributed by atoms with Crippen LogP contribution in [0.1, 0.15) is 6.42 Å². The highest BCUT2D eigenvalue weighted by atomic mass is 16.4. The number of hydrogen-bond acceptors (Lipinski definition) is 5. The predicted octanol–water partition coefficient (Wildman–Crippen LogP) is -1.41. The van der Waals surface area contributed by atoms with Crippen molar-refractivity contribution in [2.45, 2.75) is 6.42 Å². The van der Waals surface area contributed by atoms with E-state index in [-0.39, 0.29) is 17.4 Å². The van der Waals surface area contributed by atoms with Crippen molar-refractivity contribution in [2.75, 3.05) is 11.9 Å². The summed E-state index contributed by atoms with van der Waals surface area (Å²) >= 11 is 0. The number of anilines is 1. The molecule has 2 rings (SSSR count). The molecule has 17 heavy (non-hydrogen) atoms. The van der Waals surface area contributed by atoms with E-state index < -0.39 is 5.97 Å². The third kappa shape index (κ3) is 3.36. The highest BCUT2D eigenvalue weighted by Gasteiger charge is 2.05. The lowest BCUT2D eigenvalue weighted by molar-refractivity contribution is -0.136. The van der Waals surface area contributed by atoms with Gasteiger partial charge in [0.15, 0.2) is 11.5 Å². The quantitative estimate of drug-likeness (QED) is 0.596. The molecule has 0 aromatic carbocycles. The van der Waals surface area contributed by atoms with Gasteiger partial charge in [-0.05, 0) is 0 Å². The van der Waals surface area contributed by atoms with E-state index >= 15 is 0 Å². The molecule has 0 aliphatic rings. The fraction of sp³-hybridized carbons (Fsp3) is 0.250. The van der Waals surface area contributed by atoms with Gasteiger partial charge >= 0.3 is 5.97 Å². The standard InChI is InChI=1S/C8H9N5O2.2H2O/c14-5(15)1-2-9-7-6-8(11-3-10-6)13-4-12-7;;/h3-4H,1-2H2,(H,14,15)(H2,9,10,11,12,13);2*1H2. The van der Waals surface area contributed by atoms with Gasteiger partial charge in [-0.15, -0.1) is 0 Å². The highest BCUT2D eigenvalue weighted by Crippen LogP contribution is 2.13. The molecule has 94 valence electrons. The molecule has 2 aromatic heterocycles. The van der Waals surface area contributed by atoms with E-state index in [1.807, 2.05) is 0 Å². The summed E-state index contributed by atoms with van der Waals surface area (Å²) in [6.45, 7) is 0.320. The Balaban J connectivity index is 0.00000128. The predicted molar refractivity (Wildman–Crippen MR) is 59.7 cm³/mol. The lowest BCUT2D eigenvalue weighted by Gasteiger charge is -2.03. The van der Waals surface area contributed by atoms with Crippen LogP contribution in [0.15, 0.2) is 12.7 Å². The van der Waals surface area contributed by atoms with Crippen LogP contribution in [0.5, 0.6) is 0 Å². The zero-order chi connectivity index (χ0) is 10.7. The van der Waals surface area contributed by atoms with Crippen molar-refractivity contribution in [2.24, 2.45) is 0 Å². The summed E-state index contributed by atoms with van der Waals surface area (Å²) in [5, 5.41) is 11.4. The third-order valence-corrected chi connectivity index (χ3v) is 1.85. The molecule has 0 bridgehead atoms. The largest absolute Gasteiger partial charge is 0.481 e. The fourth-order valence-electron chi connectivity index (χ4n) is 1.19. The number of nitrogens with zero attached hydrogens (tertiary/aromatic N) is 3. The van der Waals surface area contributed by atoms with Gasteiger partial charge in [-0.25, -0.2) is 15.0 Å². The first-order chi connectivity index (χ1) is 7.27. The molecule has 0 saturated heterocycles. The molecule has 0 amide bonds. The number of aromatic nitrogens is 4. The Morgan fingerprint density at radius 2 is 2.12 bits per heavy atom. The summed E-state index contributed by atoms with van der Waals surface area (Å²) in [5.74, 6) is -0.281. The Morgan fingerprint density at radius 1 is 1.35 bits per heavy atom. The van der Waals surface area contributed by atoms with E-state index in [0.29, 0.717) is 23.5 Å². The second-order valence-electron chi connectivity index (χ2n) is 2.89. The zero-order valence-corrected chi connectivity index (χ0v) is 8.77. The van der Waals surface area contributed by atoms with E-state index in [1.54, 1.807) is 0 Å². The maximum Gasteiger partial charge on any atom is 0.305 e. The van der Waals surface area contributed by atoms with Gasteiger partial charge in [-0.1, -0.05) is 0 Å². The van der Waals surface area contributed by atoms with Crippen LogP contribution in [0.25, 0.3) is 11.2 Å². The Morgan fingerprint density at radius 3 is 2.82 bits per heavy atom. The SMILES string of the molecule is O.O.O=C(O)CCNc1ncnc2nc[nH]c12. The smallest absolute Gasteiger partial charge is 0.305 e. The topological polar surface area (TPSA) is 167 Å². The number of fused-ring (bicyclic) bond motifs is 1. The van der Waals surface area contributed by atoms with Gasteiger partial charge in [0.2, 0.25) is 0 Å². The van der Waals surface area contributed by atoms with E-state index in [4.69, 9.17) is 5.11 Å². The number of carboxylic acids is 1. The Kier molecular flexibility index (Phi) is 5.51. The highest BCUT2D eigenvalue weighted by molar-refractivity contribution is 5.82. The minimum atomic E-state index is -0.850. The normalized spacial score (nSPS) is 9.18. The van der Waals surface area contributed by atoms with Gasteiger partial charge in [0.25, 0.3) is 0 Å². The van der Waals surface area contributed by atoms with Crippen molar-refractivity contribution in [3.63, 3.8) is 0 Å². The molecule has 9 nitrogen and oxygen atoms in total. The summed E-state index contributed by atoms with van der Waals surface area (Å²) in [5.41, 5.74) is 1.24. The Labute approximate surface area is 95.5 Å². The van der Waals surface area contributed by atoms with Crippen LogP contribution >= 0.6 is 0 Å². The maximum atomic E-state index is 10.3. The number of aromatic amines is 1. The molecule has 2 aromatic rings. The van der Waals surface area contributed by atoms with Crippen LogP contribution in [0, 0.1) is 0 Å². The monoisotopic (exact) mass is 243 g/mol. The lowest BCUT2D eigenvalue weighted by Crippen LogP contribution is -2.09. The van der Waals surface area contributed by atoms with Crippen molar-refractivity contribution in [3.05, 3.63) is 12.7 Å². The van der Waals surface area contributed by atoms with Crippen LogP contribution in [-0.2, 0) is 4.79 Å². The van der Waals surface area contributed by atoms with E-state index in [0.717, 1.165) is 0 Å². The average Bonchev–Trinajstić information content (AvgIpc) is 2.65. The van der Waals surface area contributed by atoms with E-state index in [9.17, 15) is 4.79 Å². The second kappa shape index (κ2) is 6.35. The number of H-pyrrole nitrogens is 1. The Hall–Kier alpha value is -2.26. The van der Waals surface area contributed by atoms with Crippen molar-refractivity contribution >= 4 is 23.0 Å². The molecule has 9 heteroatoms. The summed E-state index contributed by atoms with van der Waals surface area (Å²) in [4.78, 5) is 25.1. The van der Waals surface area contributed by atoms with Gasteiger partial charge in [-0.3, -0.25) is 4.79 Å². The second-order valence-corrected chi connectivity index (χ2v) is 2.89. The van der Waals surface area contributed by atoms with Gasteiger partial charge < -0.3 is 26.4 Å². The number of nitrogens with one attached hydrogen (secondary N) is 2. The maximum absolute atomic E-state index is 10.3. The number of hydrogen-bond donors (Lipinski definition) is 3.